The van der Waals surface area contributed by atoms with Crippen LogP contribution in [0.3, 0.4) is 0 Å². The number of aliphatic hydroxyl groups excluding tert-OH is 1. The second-order valence-electron chi connectivity index (χ2n) is 4.32. The molecule has 1 aliphatic heterocycles. The first kappa shape index (κ1) is 11.9. The Morgan fingerprint density at radius 3 is 2.88 bits per heavy atom. The predicted molar refractivity (Wildman–Crippen MR) is 69.8 cm³/mol. The summed E-state index contributed by atoms with van der Waals surface area (Å²) in [6, 6.07) is 8.53. The van der Waals surface area contributed by atoms with Crippen LogP contribution in [0, 0.1) is 0 Å². The molecule has 1 saturated heterocycles. The van der Waals surface area contributed by atoms with E-state index in [1.54, 1.807) is 0 Å². The van der Waals surface area contributed by atoms with Crippen molar-refractivity contribution in [3.05, 3.63) is 28.7 Å². The Morgan fingerprint density at radius 2 is 2.12 bits per heavy atom. The Kier molecular flexibility index (Phi) is 3.84. The zero-order chi connectivity index (χ0) is 11.5. The Bertz CT molecular complexity index is 347. The third-order valence-corrected chi connectivity index (χ3v) is 3.49. The lowest BCUT2D eigenvalue weighted by Gasteiger charge is -2.26. The first-order valence-electron chi connectivity index (χ1n) is 5.57. The van der Waals surface area contributed by atoms with Crippen LogP contribution in [0.25, 0.3) is 0 Å². The van der Waals surface area contributed by atoms with Crippen LogP contribution in [0.5, 0.6) is 0 Å². The van der Waals surface area contributed by atoms with E-state index in [1.165, 1.54) is 0 Å². The molecule has 2 atom stereocenters. The van der Waals surface area contributed by atoms with Gasteiger partial charge in [-0.2, -0.15) is 0 Å². The molecule has 0 saturated carbocycles. The average Bonchev–Trinajstić information content (AvgIpc) is 2.41. The van der Waals surface area contributed by atoms with Gasteiger partial charge in [-0.05, 0) is 35.0 Å². The van der Waals surface area contributed by atoms with Crippen molar-refractivity contribution >= 4 is 21.6 Å². The number of β-amino-alcohol motifs (C(OH)–C–C–N with tert-alkyl or cyclic N) is 1. The molecule has 16 heavy (non-hydrogen) atoms. The van der Waals surface area contributed by atoms with E-state index in [2.05, 4.69) is 39.1 Å². The lowest BCUT2D eigenvalue weighted by molar-refractivity contribution is 0.183. The third-order valence-electron chi connectivity index (χ3n) is 2.82. The van der Waals surface area contributed by atoms with E-state index in [0.717, 1.165) is 16.7 Å². The highest BCUT2D eigenvalue weighted by Gasteiger charge is 2.20. The van der Waals surface area contributed by atoms with Crippen LogP contribution in [-0.4, -0.2) is 36.9 Å². The molecule has 2 rings (SSSR count). The molecule has 2 unspecified atom stereocenters. The monoisotopic (exact) mass is 284 g/mol. The van der Waals surface area contributed by atoms with Crippen LogP contribution in [0.2, 0.25) is 0 Å². The van der Waals surface area contributed by atoms with Crippen LogP contribution in [0.1, 0.15) is 6.92 Å². The maximum absolute atomic E-state index is 9.81. The molecule has 88 valence electrons. The molecule has 1 fully saturated rings. The van der Waals surface area contributed by atoms with E-state index in [4.69, 9.17) is 0 Å². The lowest BCUT2D eigenvalue weighted by atomic mass is 10.2. The number of halogens is 1. The fourth-order valence-electron chi connectivity index (χ4n) is 2.03. The van der Waals surface area contributed by atoms with Crippen molar-refractivity contribution in [2.75, 3.05) is 24.5 Å². The molecule has 4 heteroatoms. The van der Waals surface area contributed by atoms with E-state index in [-0.39, 0.29) is 6.10 Å². The van der Waals surface area contributed by atoms with Crippen LogP contribution in [-0.2, 0) is 0 Å². The van der Waals surface area contributed by atoms with Crippen LogP contribution < -0.4 is 10.2 Å². The summed E-state index contributed by atoms with van der Waals surface area (Å²) >= 11 is 3.55. The molecule has 1 heterocycles. The summed E-state index contributed by atoms with van der Waals surface area (Å²) in [6.07, 6.45) is -0.308. The molecule has 1 aliphatic rings. The van der Waals surface area contributed by atoms with E-state index in [1.807, 2.05) is 18.2 Å². The van der Waals surface area contributed by atoms with Gasteiger partial charge < -0.3 is 15.3 Å². The summed E-state index contributed by atoms with van der Waals surface area (Å²) in [5.74, 6) is 0. The number of nitrogens with zero attached hydrogens (tertiary/aromatic N) is 1. The van der Waals surface area contributed by atoms with Crippen LogP contribution in [0.4, 0.5) is 5.69 Å². The maximum Gasteiger partial charge on any atom is 0.0839 e. The third kappa shape index (κ3) is 2.75. The molecular formula is C12H17BrN2O. The molecule has 0 amide bonds. The summed E-state index contributed by atoms with van der Waals surface area (Å²) < 4.78 is 1.08. The quantitative estimate of drug-likeness (QED) is 0.823. The number of benzene rings is 1. The minimum Gasteiger partial charge on any atom is -0.390 e. The maximum atomic E-state index is 9.81. The second-order valence-corrected chi connectivity index (χ2v) is 5.17. The van der Waals surface area contributed by atoms with Gasteiger partial charge in [-0.15, -0.1) is 0 Å². The molecule has 0 aromatic heterocycles. The van der Waals surface area contributed by atoms with Crippen molar-refractivity contribution in [3.63, 3.8) is 0 Å². The van der Waals surface area contributed by atoms with E-state index < -0.39 is 0 Å². The molecule has 2 N–H and O–H groups in total. The SMILES string of the molecule is CC1CN(c2ccccc2Br)CC(O)CN1. The van der Waals surface area contributed by atoms with E-state index in [9.17, 15) is 5.11 Å². The number of rotatable bonds is 1. The van der Waals surface area contributed by atoms with Crippen molar-refractivity contribution in [1.82, 2.24) is 5.32 Å². The van der Waals surface area contributed by atoms with Crippen LogP contribution >= 0.6 is 15.9 Å². The smallest absolute Gasteiger partial charge is 0.0839 e. The molecule has 0 radical (unpaired) electrons. The van der Waals surface area contributed by atoms with Gasteiger partial charge in [0.25, 0.3) is 0 Å². The Morgan fingerprint density at radius 1 is 1.38 bits per heavy atom. The molecular weight excluding hydrogens is 268 g/mol. The Labute approximate surface area is 105 Å². The zero-order valence-corrected chi connectivity index (χ0v) is 10.9. The largest absolute Gasteiger partial charge is 0.390 e. The highest BCUT2D eigenvalue weighted by molar-refractivity contribution is 9.10. The second kappa shape index (κ2) is 5.17. The molecule has 3 nitrogen and oxygen atoms in total. The van der Waals surface area contributed by atoms with Gasteiger partial charge in [-0.25, -0.2) is 0 Å². The Hall–Kier alpha value is -0.580. The molecule has 1 aromatic carbocycles. The highest BCUT2D eigenvalue weighted by Crippen LogP contribution is 2.26. The zero-order valence-electron chi connectivity index (χ0n) is 9.36. The van der Waals surface area contributed by atoms with Gasteiger partial charge in [-0.1, -0.05) is 12.1 Å². The number of nitrogens with one attached hydrogen (secondary N) is 1. The molecule has 0 bridgehead atoms. The van der Waals surface area contributed by atoms with Crippen molar-refractivity contribution in [1.29, 1.82) is 0 Å². The number of hydrogen-bond acceptors (Lipinski definition) is 3. The first-order valence-corrected chi connectivity index (χ1v) is 6.37. The molecule has 0 aliphatic carbocycles. The highest BCUT2D eigenvalue weighted by atomic mass is 79.9. The average molecular weight is 285 g/mol. The fourth-order valence-corrected chi connectivity index (χ4v) is 2.57. The number of aliphatic hydroxyl groups is 1. The lowest BCUT2D eigenvalue weighted by Crippen LogP contribution is -2.35. The van der Waals surface area contributed by atoms with E-state index >= 15 is 0 Å². The summed E-state index contributed by atoms with van der Waals surface area (Å²) in [7, 11) is 0. The minimum absolute atomic E-state index is 0.308. The summed E-state index contributed by atoms with van der Waals surface area (Å²) in [6.45, 7) is 4.41. The van der Waals surface area contributed by atoms with Crippen LogP contribution in [0.15, 0.2) is 28.7 Å². The summed E-state index contributed by atoms with van der Waals surface area (Å²) in [5, 5.41) is 13.1. The first-order chi connectivity index (χ1) is 7.66. The summed E-state index contributed by atoms with van der Waals surface area (Å²) in [5.41, 5.74) is 1.15. The van der Waals surface area contributed by atoms with Gasteiger partial charge in [0.1, 0.15) is 0 Å². The van der Waals surface area contributed by atoms with Gasteiger partial charge in [0.15, 0.2) is 0 Å². The number of para-hydroxylation sites is 1. The van der Waals surface area contributed by atoms with Gasteiger partial charge in [-0.3, -0.25) is 0 Å². The summed E-state index contributed by atoms with van der Waals surface area (Å²) in [4.78, 5) is 2.22. The molecule has 0 spiro atoms. The molecule has 1 aromatic rings. The van der Waals surface area contributed by atoms with Crippen molar-refractivity contribution < 1.29 is 5.11 Å². The topological polar surface area (TPSA) is 35.5 Å². The number of hydrogen-bond donors (Lipinski definition) is 2. The van der Waals surface area contributed by atoms with Crippen molar-refractivity contribution in [2.24, 2.45) is 0 Å². The fraction of sp³-hybridized carbons (Fsp3) is 0.500. The van der Waals surface area contributed by atoms with Crippen molar-refractivity contribution in [2.45, 2.75) is 19.1 Å². The predicted octanol–water partition coefficient (Wildman–Crippen LogP) is 1.61. The van der Waals surface area contributed by atoms with Gasteiger partial charge in [0, 0.05) is 30.1 Å². The van der Waals surface area contributed by atoms with Gasteiger partial charge >= 0.3 is 0 Å². The minimum atomic E-state index is -0.308. The van der Waals surface area contributed by atoms with Gasteiger partial charge in [0.2, 0.25) is 0 Å². The van der Waals surface area contributed by atoms with Crippen molar-refractivity contribution in [3.8, 4) is 0 Å². The van der Waals surface area contributed by atoms with Gasteiger partial charge in [0.05, 0.1) is 11.8 Å². The number of anilines is 1. The normalized spacial score (nSPS) is 26.6. The Balaban J connectivity index is 2.21. The van der Waals surface area contributed by atoms with E-state index in [0.29, 0.717) is 19.1 Å². The standard InChI is InChI=1S/C12H17BrN2O/c1-9-7-15(8-10(16)6-14-9)12-5-3-2-4-11(12)13/h2-5,9-10,14,16H,6-8H2,1H3.